The van der Waals surface area contributed by atoms with Crippen LogP contribution in [0.5, 0.6) is 0 Å². The molecule has 13 rings (SSSR count). The first kappa shape index (κ1) is 32.6. The summed E-state index contributed by atoms with van der Waals surface area (Å²) in [7, 11) is 0. The third-order valence-corrected chi connectivity index (χ3v) is 15.4. The van der Waals surface area contributed by atoms with E-state index in [0.717, 1.165) is 11.4 Å². The van der Waals surface area contributed by atoms with E-state index in [1.165, 1.54) is 111 Å². The van der Waals surface area contributed by atoms with Crippen LogP contribution in [0.15, 0.2) is 176 Å². The lowest BCUT2D eigenvalue weighted by Gasteiger charge is -2.29. The van der Waals surface area contributed by atoms with Gasteiger partial charge in [0.25, 0.3) is 0 Å². The second kappa shape index (κ2) is 11.8. The standard InChI is InChI=1S/C55H35NS2/c1-55(2)47-12-6-3-9-41(47)42-28-23-38(31-48(42)55)56(36-21-26-39-34(29-36)17-15-32-19-24-45-43-10-4-7-13-49(43)57-53(45)51(32)39)37-22-27-40-35(30-37)18-16-33-20-25-46-44-11-5-8-14-50(44)58-54(46)52(33)40/h3-31H,1-2H3. The van der Waals surface area contributed by atoms with E-state index in [1.54, 1.807) is 0 Å². The predicted octanol–water partition coefficient (Wildman–Crippen LogP) is 16.8. The fourth-order valence-corrected chi connectivity index (χ4v) is 12.7. The average Bonchev–Trinajstić information content (AvgIpc) is 3.91. The lowest BCUT2D eigenvalue weighted by atomic mass is 9.82. The summed E-state index contributed by atoms with van der Waals surface area (Å²) < 4.78 is 5.40. The monoisotopic (exact) mass is 773 g/mol. The molecule has 3 heteroatoms. The molecule has 1 nitrogen and oxygen atoms in total. The quantitative estimate of drug-likeness (QED) is 0.162. The first-order chi connectivity index (χ1) is 28.5. The van der Waals surface area contributed by atoms with Gasteiger partial charge in [-0.05, 0) is 103 Å². The van der Waals surface area contributed by atoms with E-state index in [9.17, 15) is 0 Å². The van der Waals surface area contributed by atoms with Crippen LogP contribution in [-0.2, 0) is 5.41 Å². The SMILES string of the molecule is CC1(C)c2ccccc2-c2ccc(N(c3ccc4c(ccc5ccc6c7ccccc7sc6c54)c3)c3ccc4c(ccc5ccc6c7ccccc7sc6c54)c3)cc21. The van der Waals surface area contributed by atoms with E-state index in [-0.39, 0.29) is 5.41 Å². The maximum Gasteiger partial charge on any atom is 0.0468 e. The number of hydrogen-bond donors (Lipinski definition) is 0. The van der Waals surface area contributed by atoms with Crippen molar-refractivity contribution in [2.45, 2.75) is 19.3 Å². The van der Waals surface area contributed by atoms with Gasteiger partial charge < -0.3 is 4.90 Å². The minimum absolute atomic E-state index is 0.108. The Morgan fingerprint density at radius 1 is 0.362 bits per heavy atom. The predicted molar refractivity (Wildman–Crippen MR) is 254 cm³/mol. The van der Waals surface area contributed by atoms with Crippen LogP contribution in [0.25, 0.3) is 94.6 Å². The van der Waals surface area contributed by atoms with Crippen molar-refractivity contribution in [2.24, 2.45) is 0 Å². The van der Waals surface area contributed by atoms with Crippen molar-refractivity contribution in [3.8, 4) is 11.1 Å². The maximum absolute atomic E-state index is 2.48. The third kappa shape index (κ3) is 4.46. The molecule has 12 aromatic rings. The molecule has 2 heterocycles. The molecular weight excluding hydrogens is 739 g/mol. The van der Waals surface area contributed by atoms with Crippen LogP contribution in [0.1, 0.15) is 25.0 Å². The van der Waals surface area contributed by atoms with Gasteiger partial charge in [-0.15, -0.1) is 22.7 Å². The van der Waals surface area contributed by atoms with Crippen molar-refractivity contribution < 1.29 is 0 Å². The van der Waals surface area contributed by atoms with E-state index in [2.05, 4.69) is 195 Å². The van der Waals surface area contributed by atoms with E-state index < -0.39 is 0 Å². The van der Waals surface area contributed by atoms with E-state index >= 15 is 0 Å². The fraction of sp³-hybridized carbons (Fsp3) is 0.0545. The summed E-state index contributed by atoms with van der Waals surface area (Å²) in [4.78, 5) is 2.48. The lowest BCUT2D eigenvalue weighted by Crippen LogP contribution is -2.16. The van der Waals surface area contributed by atoms with Crippen LogP contribution in [0.2, 0.25) is 0 Å². The Hall–Kier alpha value is -6.52. The smallest absolute Gasteiger partial charge is 0.0468 e. The van der Waals surface area contributed by atoms with Crippen molar-refractivity contribution in [2.75, 3.05) is 4.90 Å². The summed E-state index contributed by atoms with van der Waals surface area (Å²) >= 11 is 3.82. The third-order valence-electron chi connectivity index (χ3n) is 13.0. The van der Waals surface area contributed by atoms with E-state index in [0.29, 0.717) is 0 Å². The molecule has 272 valence electrons. The average molecular weight is 774 g/mol. The van der Waals surface area contributed by atoms with Gasteiger partial charge in [0.15, 0.2) is 0 Å². The Morgan fingerprint density at radius 2 is 0.810 bits per heavy atom. The van der Waals surface area contributed by atoms with Gasteiger partial charge in [-0.1, -0.05) is 141 Å². The zero-order valence-electron chi connectivity index (χ0n) is 32.0. The highest BCUT2D eigenvalue weighted by Gasteiger charge is 2.35. The van der Waals surface area contributed by atoms with Gasteiger partial charge in [0, 0.05) is 73.6 Å². The molecule has 58 heavy (non-hydrogen) atoms. The molecule has 0 saturated heterocycles. The molecule has 10 aromatic carbocycles. The van der Waals surface area contributed by atoms with E-state index in [4.69, 9.17) is 0 Å². The van der Waals surface area contributed by atoms with Crippen LogP contribution in [-0.4, -0.2) is 0 Å². The molecule has 0 spiro atoms. The Bertz CT molecular complexity index is 3540. The van der Waals surface area contributed by atoms with Gasteiger partial charge >= 0.3 is 0 Å². The van der Waals surface area contributed by atoms with Crippen molar-refractivity contribution in [1.82, 2.24) is 0 Å². The largest absolute Gasteiger partial charge is 0.310 e. The Labute approximate surface area is 343 Å². The van der Waals surface area contributed by atoms with Gasteiger partial charge in [0.2, 0.25) is 0 Å². The fourth-order valence-electron chi connectivity index (χ4n) is 10.2. The molecule has 0 atom stereocenters. The first-order valence-corrected chi connectivity index (χ1v) is 21.7. The normalized spacial score (nSPS) is 13.5. The number of nitrogens with zero attached hydrogens (tertiary/aromatic N) is 1. The van der Waals surface area contributed by atoms with Gasteiger partial charge in [-0.25, -0.2) is 0 Å². The molecule has 0 fully saturated rings. The van der Waals surface area contributed by atoms with Crippen LogP contribution < -0.4 is 4.90 Å². The summed E-state index contributed by atoms with van der Waals surface area (Å²) in [5.41, 5.74) is 8.79. The van der Waals surface area contributed by atoms with Gasteiger partial charge in [-0.2, -0.15) is 0 Å². The highest BCUT2D eigenvalue weighted by molar-refractivity contribution is 7.27. The van der Waals surface area contributed by atoms with E-state index in [1.807, 2.05) is 22.7 Å². The minimum Gasteiger partial charge on any atom is -0.310 e. The van der Waals surface area contributed by atoms with Gasteiger partial charge in [0.05, 0.1) is 0 Å². The topological polar surface area (TPSA) is 3.24 Å². The molecule has 0 saturated carbocycles. The highest BCUT2D eigenvalue weighted by atomic mass is 32.1. The van der Waals surface area contributed by atoms with Crippen LogP contribution >= 0.6 is 22.7 Å². The molecule has 1 aliphatic rings. The Balaban J connectivity index is 1.04. The molecule has 1 aliphatic carbocycles. The first-order valence-electron chi connectivity index (χ1n) is 20.1. The summed E-state index contributed by atoms with van der Waals surface area (Å²) in [6.07, 6.45) is 0. The van der Waals surface area contributed by atoms with Gasteiger partial charge in [0.1, 0.15) is 0 Å². The minimum atomic E-state index is -0.108. The number of benzene rings is 10. The van der Waals surface area contributed by atoms with Crippen molar-refractivity contribution >= 4 is 123 Å². The van der Waals surface area contributed by atoms with Crippen molar-refractivity contribution in [3.05, 3.63) is 187 Å². The molecule has 2 aromatic heterocycles. The molecule has 0 N–H and O–H groups in total. The maximum atomic E-state index is 2.48. The molecule has 0 unspecified atom stereocenters. The second-order valence-corrected chi connectivity index (χ2v) is 18.6. The zero-order chi connectivity index (χ0) is 38.3. The Morgan fingerprint density at radius 3 is 1.41 bits per heavy atom. The van der Waals surface area contributed by atoms with Crippen LogP contribution in [0.3, 0.4) is 0 Å². The lowest BCUT2D eigenvalue weighted by molar-refractivity contribution is 0.660. The molecule has 0 bridgehead atoms. The summed E-state index contributed by atoms with van der Waals surface area (Å²) in [6.45, 7) is 4.75. The highest BCUT2D eigenvalue weighted by Crippen LogP contribution is 2.51. The van der Waals surface area contributed by atoms with Crippen LogP contribution in [0.4, 0.5) is 17.1 Å². The molecule has 0 aliphatic heterocycles. The number of fused-ring (bicyclic) bond motifs is 17. The number of thiophene rings is 2. The van der Waals surface area contributed by atoms with Crippen molar-refractivity contribution in [3.63, 3.8) is 0 Å². The van der Waals surface area contributed by atoms with Crippen molar-refractivity contribution in [1.29, 1.82) is 0 Å². The number of rotatable bonds is 3. The Kier molecular flexibility index (Phi) is 6.61. The second-order valence-electron chi connectivity index (χ2n) is 16.5. The summed E-state index contributed by atoms with van der Waals surface area (Å²) in [5, 5.41) is 15.7. The van der Waals surface area contributed by atoms with Gasteiger partial charge in [-0.3, -0.25) is 0 Å². The number of anilines is 3. The molecule has 0 radical (unpaired) electrons. The summed E-state index contributed by atoms with van der Waals surface area (Å²) in [6, 6.07) is 66.3. The van der Waals surface area contributed by atoms with Crippen LogP contribution in [0, 0.1) is 0 Å². The molecule has 0 amide bonds. The molecular formula is C55H35NS2. The summed E-state index contributed by atoms with van der Waals surface area (Å²) in [5.74, 6) is 0. The number of hydrogen-bond acceptors (Lipinski definition) is 3. The zero-order valence-corrected chi connectivity index (χ0v) is 33.6.